The van der Waals surface area contributed by atoms with Gasteiger partial charge in [-0.2, -0.15) is 5.10 Å². The Morgan fingerprint density at radius 1 is 1.21 bits per heavy atom. The number of amides is 1. The number of carbonyl (C=O) groups excluding carboxylic acids is 1. The lowest BCUT2D eigenvalue weighted by Gasteiger charge is -2.36. The van der Waals surface area contributed by atoms with Crippen molar-refractivity contribution in [3.05, 3.63) is 40.0 Å². The van der Waals surface area contributed by atoms with Gasteiger partial charge < -0.3 is 9.64 Å². The summed E-state index contributed by atoms with van der Waals surface area (Å²) in [6, 6.07) is 7.41. The molecule has 2 aromatic rings. The summed E-state index contributed by atoms with van der Waals surface area (Å²) in [5.41, 5.74) is 0.786. The van der Waals surface area contributed by atoms with Gasteiger partial charge >= 0.3 is 0 Å². The van der Waals surface area contributed by atoms with Crippen molar-refractivity contribution in [2.75, 3.05) is 20.2 Å². The van der Waals surface area contributed by atoms with E-state index in [0.29, 0.717) is 18.4 Å². The van der Waals surface area contributed by atoms with Gasteiger partial charge in [0.15, 0.2) is 0 Å². The molecule has 7 heteroatoms. The lowest BCUT2D eigenvalue weighted by molar-refractivity contribution is -0.139. The fourth-order valence-corrected chi connectivity index (χ4v) is 5.25. The molecule has 3 heterocycles. The second kappa shape index (κ2) is 9.22. The van der Waals surface area contributed by atoms with Crippen LogP contribution in [0.3, 0.4) is 0 Å². The number of methoxy groups -OCH3 is 1. The van der Waals surface area contributed by atoms with Gasteiger partial charge in [0, 0.05) is 38.7 Å². The highest BCUT2D eigenvalue weighted by atomic mass is 32.1. The second-order valence-electron chi connectivity index (χ2n) is 8.21. The van der Waals surface area contributed by atoms with Crippen molar-refractivity contribution < 1.29 is 9.53 Å². The van der Waals surface area contributed by atoms with Crippen molar-refractivity contribution in [1.29, 1.82) is 0 Å². The first-order chi connectivity index (χ1) is 14.1. The predicted molar refractivity (Wildman–Crippen MR) is 114 cm³/mol. The zero-order valence-corrected chi connectivity index (χ0v) is 17.8. The summed E-state index contributed by atoms with van der Waals surface area (Å²) in [4.78, 5) is 28.3. The Hall–Kier alpha value is -1.99. The number of ether oxygens (including phenoxy) is 1. The average Bonchev–Trinajstić information content (AvgIpc) is 3.30. The molecule has 2 aromatic heterocycles. The zero-order chi connectivity index (χ0) is 20.2. The number of aromatic nitrogens is 2. The van der Waals surface area contributed by atoms with Crippen LogP contribution in [0.25, 0.3) is 10.6 Å². The van der Waals surface area contributed by atoms with Crippen molar-refractivity contribution in [3.63, 3.8) is 0 Å². The van der Waals surface area contributed by atoms with Crippen molar-refractivity contribution in [1.82, 2.24) is 14.7 Å². The van der Waals surface area contributed by atoms with Crippen molar-refractivity contribution in [2.24, 2.45) is 11.8 Å². The van der Waals surface area contributed by atoms with Crippen LogP contribution in [0.5, 0.6) is 0 Å². The molecule has 4 rings (SSSR count). The van der Waals surface area contributed by atoms with E-state index in [9.17, 15) is 9.59 Å². The fraction of sp³-hybridized carbons (Fsp3) is 0.591. The van der Waals surface area contributed by atoms with Crippen LogP contribution < -0.4 is 5.56 Å². The summed E-state index contributed by atoms with van der Waals surface area (Å²) >= 11 is 1.62. The maximum absolute atomic E-state index is 12.9. The zero-order valence-electron chi connectivity index (χ0n) is 17.0. The lowest BCUT2D eigenvalue weighted by atomic mass is 9.85. The molecule has 2 aliphatic rings. The molecule has 1 saturated heterocycles. The van der Waals surface area contributed by atoms with Crippen molar-refractivity contribution in [3.8, 4) is 10.6 Å². The van der Waals surface area contributed by atoms with Crippen LogP contribution in [0, 0.1) is 11.8 Å². The number of likely N-dealkylation sites (tertiary alicyclic amines) is 1. The third-order valence-electron chi connectivity index (χ3n) is 6.31. The van der Waals surface area contributed by atoms with Gasteiger partial charge in [0.2, 0.25) is 5.91 Å². The molecule has 2 atom stereocenters. The smallest absolute Gasteiger partial charge is 0.266 e. The number of piperidine rings is 1. The van der Waals surface area contributed by atoms with E-state index < -0.39 is 0 Å². The highest BCUT2D eigenvalue weighted by Crippen LogP contribution is 2.29. The van der Waals surface area contributed by atoms with Gasteiger partial charge in [0.1, 0.15) is 5.69 Å². The van der Waals surface area contributed by atoms with Crippen LogP contribution in [0.2, 0.25) is 0 Å². The Labute approximate surface area is 175 Å². The normalized spacial score (nSPS) is 23.3. The van der Waals surface area contributed by atoms with E-state index in [1.54, 1.807) is 35.3 Å². The molecule has 0 radical (unpaired) electrons. The Bertz CT molecular complexity index is 872. The first-order valence-corrected chi connectivity index (χ1v) is 11.5. The number of nitrogens with zero attached hydrogens (tertiary/aromatic N) is 3. The Balaban J connectivity index is 1.34. The Morgan fingerprint density at radius 2 is 2.03 bits per heavy atom. The minimum absolute atomic E-state index is 0.0587. The summed E-state index contributed by atoms with van der Waals surface area (Å²) in [7, 11) is 1.74. The monoisotopic (exact) mass is 415 g/mol. The molecule has 1 saturated carbocycles. The highest BCUT2D eigenvalue weighted by molar-refractivity contribution is 7.13. The second-order valence-corrected chi connectivity index (χ2v) is 9.15. The molecule has 0 bridgehead atoms. The highest BCUT2D eigenvalue weighted by Gasteiger charge is 2.32. The maximum atomic E-state index is 12.9. The van der Waals surface area contributed by atoms with Gasteiger partial charge in [-0.3, -0.25) is 9.59 Å². The molecule has 156 valence electrons. The topological polar surface area (TPSA) is 64.4 Å². The van der Waals surface area contributed by atoms with Gasteiger partial charge in [-0.25, -0.2) is 4.68 Å². The van der Waals surface area contributed by atoms with E-state index in [0.717, 1.165) is 62.2 Å². The number of hydrogen-bond acceptors (Lipinski definition) is 5. The Kier molecular flexibility index (Phi) is 6.45. The van der Waals surface area contributed by atoms with Gasteiger partial charge in [-0.05, 0) is 55.5 Å². The minimum atomic E-state index is -0.0587. The SMILES string of the molecule is CO[C@H]1CCC[C@H](C(=O)N2CCC(Cn3nc(-c4cccs4)ccc3=O)CC2)C1. The summed E-state index contributed by atoms with van der Waals surface area (Å²) in [6.07, 6.45) is 6.03. The largest absolute Gasteiger partial charge is 0.381 e. The minimum Gasteiger partial charge on any atom is -0.381 e. The molecular formula is C22H29N3O3S. The van der Waals surface area contributed by atoms with E-state index >= 15 is 0 Å². The molecule has 1 amide bonds. The van der Waals surface area contributed by atoms with Crippen LogP contribution in [0.15, 0.2) is 34.4 Å². The van der Waals surface area contributed by atoms with Crippen LogP contribution in [-0.2, 0) is 16.1 Å². The number of rotatable bonds is 5. The molecule has 6 nitrogen and oxygen atoms in total. The molecule has 1 aliphatic heterocycles. The van der Waals surface area contributed by atoms with E-state index in [1.165, 1.54) is 0 Å². The summed E-state index contributed by atoms with van der Waals surface area (Å²) in [5.74, 6) is 0.776. The van der Waals surface area contributed by atoms with Crippen molar-refractivity contribution >= 4 is 17.2 Å². The van der Waals surface area contributed by atoms with Gasteiger partial charge in [-0.1, -0.05) is 12.5 Å². The molecular weight excluding hydrogens is 386 g/mol. The number of carbonyl (C=O) groups is 1. The molecule has 0 aromatic carbocycles. The van der Waals surface area contributed by atoms with Gasteiger partial charge in [0.05, 0.1) is 11.0 Å². The summed E-state index contributed by atoms with van der Waals surface area (Å²) < 4.78 is 7.08. The van der Waals surface area contributed by atoms with E-state index in [4.69, 9.17) is 4.74 Å². The van der Waals surface area contributed by atoms with Crippen molar-refractivity contribution in [2.45, 2.75) is 51.2 Å². The first-order valence-electron chi connectivity index (χ1n) is 10.6. The first kappa shape index (κ1) is 20.3. The summed E-state index contributed by atoms with van der Waals surface area (Å²) in [6.45, 7) is 2.17. The van der Waals surface area contributed by atoms with Crippen LogP contribution in [0.1, 0.15) is 38.5 Å². The lowest BCUT2D eigenvalue weighted by Crippen LogP contribution is -2.44. The molecule has 0 unspecified atom stereocenters. The molecule has 2 fully saturated rings. The predicted octanol–water partition coefficient (Wildman–Crippen LogP) is 3.42. The van der Waals surface area contributed by atoms with E-state index in [-0.39, 0.29) is 17.6 Å². The number of thiophene rings is 1. The van der Waals surface area contributed by atoms with Crippen LogP contribution in [0.4, 0.5) is 0 Å². The van der Waals surface area contributed by atoms with Gasteiger partial charge in [0.25, 0.3) is 5.56 Å². The third kappa shape index (κ3) is 4.78. The fourth-order valence-electron chi connectivity index (χ4n) is 4.56. The van der Waals surface area contributed by atoms with E-state index in [2.05, 4.69) is 5.10 Å². The molecule has 0 N–H and O–H groups in total. The summed E-state index contributed by atoms with van der Waals surface area (Å²) in [5, 5.41) is 6.59. The Morgan fingerprint density at radius 3 is 2.76 bits per heavy atom. The third-order valence-corrected chi connectivity index (χ3v) is 7.20. The van der Waals surface area contributed by atoms with Crippen LogP contribution >= 0.6 is 11.3 Å². The molecule has 29 heavy (non-hydrogen) atoms. The average molecular weight is 416 g/mol. The van der Waals surface area contributed by atoms with Gasteiger partial charge in [-0.15, -0.1) is 11.3 Å². The number of hydrogen-bond donors (Lipinski definition) is 0. The molecule has 1 aliphatic carbocycles. The standard InChI is InChI=1S/C22H29N3O3S/c1-28-18-5-2-4-17(14-18)22(27)24-11-9-16(10-12-24)15-25-21(26)8-7-19(23-25)20-6-3-13-29-20/h3,6-8,13,16-18H,2,4-5,9-12,14-15H2,1H3/t17-,18-/m0/s1. The molecule has 0 spiro atoms. The quantitative estimate of drug-likeness (QED) is 0.751. The van der Waals surface area contributed by atoms with Crippen LogP contribution in [-0.4, -0.2) is 46.9 Å². The maximum Gasteiger partial charge on any atom is 0.266 e. The van der Waals surface area contributed by atoms with E-state index in [1.807, 2.05) is 22.4 Å².